The Morgan fingerprint density at radius 1 is 1.33 bits per heavy atom. The number of fused-ring (bicyclic) bond motifs is 1. The van der Waals surface area contributed by atoms with Gasteiger partial charge in [0.05, 0.1) is 6.10 Å². The molecule has 0 saturated carbocycles. The highest BCUT2D eigenvalue weighted by molar-refractivity contribution is 5.55. The highest BCUT2D eigenvalue weighted by Crippen LogP contribution is 2.32. The fraction of sp³-hybridized carbons (Fsp3) is 0.455. The molecule has 0 unspecified atom stereocenters. The quantitative estimate of drug-likeness (QED) is 0.786. The second-order valence-corrected chi connectivity index (χ2v) is 3.59. The summed E-state index contributed by atoms with van der Waals surface area (Å²) in [5.74, 6) is 1.54. The van der Waals surface area contributed by atoms with Crippen LogP contribution in [0.1, 0.15) is 6.92 Å². The molecule has 2 rings (SSSR count). The fourth-order valence-electron chi connectivity index (χ4n) is 1.42. The van der Waals surface area contributed by atoms with Gasteiger partial charge in [-0.3, -0.25) is 0 Å². The minimum Gasteiger partial charge on any atom is -0.486 e. The summed E-state index contributed by atoms with van der Waals surface area (Å²) >= 11 is 0. The molecule has 0 spiro atoms. The van der Waals surface area contributed by atoms with Gasteiger partial charge in [-0.05, 0) is 19.1 Å². The van der Waals surface area contributed by atoms with E-state index >= 15 is 0 Å². The first-order valence-electron chi connectivity index (χ1n) is 5.07. The van der Waals surface area contributed by atoms with Crippen LogP contribution in [0.5, 0.6) is 11.5 Å². The van der Waals surface area contributed by atoms with Crippen molar-refractivity contribution in [2.75, 3.05) is 25.1 Å². The standard InChI is InChI=1S/C11H15NO3/c1-8(13)7-12-9-2-3-10-11(6-9)15-5-4-14-10/h2-3,6,8,12-13H,4-5,7H2,1H3/t8-/m1/s1. The highest BCUT2D eigenvalue weighted by Gasteiger charge is 2.11. The lowest BCUT2D eigenvalue weighted by molar-refractivity contribution is 0.171. The van der Waals surface area contributed by atoms with Gasteiger partial charge in [0.25, 0.3) is 0 Å². The number of nitrogens with one attached hydrogen (secondary N) is 1. The van der Waals surface area contributed by atoms with Crippen molar-refractivity contribution in [1.82, 2.24) is 0 Å². The van der Waals surface area contributed by atoms with E-state index in [2.05, 4.69) is 5.32 Å². The van der Waals surface area contributed by atoms with Crippen molar-refractivity contribution in [3.8, 4) is 11.5 Å². The Bertz CT molecular complexity index is 339. The topological polar surface area (TPSA) is 50.7 Å². The summed E-state index contributed by atoms with van der Waals surface area (Å²) in [6.45, 7) is 3.46. The Labute approximate surface area is 88.8 Å². The molecule has 0 aliphatic carbocycles. The molecule has 0 aromatic heterocycles. The third-order valence-electron chi connectivity index (χ3n) is 2.14. The van der Waals surface area contributed by atoms with Gasteiger partial charge in [-0.2, -0.15) is 0 Å². The average Bonchev–Trinajstić information content (AvgIpc) is 2.26. The van der Waals surface area contributed by atoms with Crippen molar-refractivity contribution in [1.29, 1.82) is 0 Å². The normalized spacial score (nSPS) is 15.9. The Morgan fingerprint density at radius 2 is 2.07 bits per heavy atom. The van der Waals surface area contributed by atoms with Gasteiger partial charge in [-0.15, -0.1) is 0 Å². The molecule has 82 valence electrons. The molecule has 0 radical (unpaired) electrons. The summed E-state index contributed by atoms with van der Waals surface area (Å²) in [5, 5.41) is 12.2. The van der Waals surface area contributed by atoms with Gasteiger partial charge in [0.15, 0.2) is 11.5 Å². The Hall–Kier alpha value is -1.42. The maximum absolute atomic E-state index is 9.13. The zero-order chi connectivity index (χ0) is 10.7. The molecule has 1 aliphatic heterocycles. The van der Waals surface area contributed by atoms with Crippen molar-refractivity contribution in [3.05, 3.63) is 18.2 Å². The Kier molecular flexibility index (Phi) is 2.97. The summed E-state index contributed by atoms with van der Waals surface area (Å²) in [5.41, 5.74) is 0.931. The maximum atomic E-state index is 9.13. The van der Waals surface area contributed by atoms with Gasteiger partial charge < -0.3 is 19.9 Å². The van der Waals surface area contributed by atoms with Crippen LogP contribution in [0.3, 0.4) is 0 Å². The first-order chi connectivity index (χ1) is 7.25. The van der Waals surface area contributed by atoms with E-state index in [-0.39, 0.29) is 6.10 Å². The molecule has 1 heterocycles. The molecular weight excluding hydrogens is 194 g/mol. The van der Waals surface area contributed by atoms with Crippen LogP contribution in [0, 0.1) is 0 Å². The maximum Gasteiger partial charge on any atom is 0.163 e. The van der Waals surface area contributed by atoms with E-state index in [1.807, 2.05) is 18.2 Å². The zero-order valence-corrected chi connectivity index (χ0v) is 8.69. The molecule has 0 bridgehead atoms. The molecule has 4 heteroatoms. The van der Waals surface area contributed by atoms with Gasteiger partial charge in [0.1, 0.15) is 13.2 Å². The molecule has 1 aromatic rings. The number of anilines is 1. The number of aliphatic hydroxyl groups excluding tert-OH is 1. The van der Waals surface area contributed by atoms with Crippen LogP contribution in [-0.2, 0) is 0 Å². The third-order valence-corrected chi connectivity index (χ3v) is 2.14. The minimum absolute atomic E-state index is 0.363. The number of hydrogen-bond donors (Lipinski definition) is 2. The van der Waals surface area contributed by atoms with E-state index in [9.17, 15) is 0 Å². The monoisotopic (exact) mass is 209 g/mol. The van der Waals surface area contributed by atoms with Crippen molar-refractivity contribution in [2.45, 2.75) is 13.0 Å². The Morgan fingerprint density at radius 3 is 2.80 bits per heavy atom. The number of hydrogen-bond acceptors (Lipinski definition) is 4. The van der Waals surface area contributed by atoms with Crippen molar-refractivity contribution in [3.63, 3.8) is 0 Å². The fourth-order valence-corrected chi connectivity index (χ4v) is 1.42. The van der Waals surface area contributed by atoms with Gasteiger partial charge in [0, 0.05) is 18.3 Å². The third kappa shape index (κ3) is 2.53. The van der Waals surface area contributed by atoms with Gasteiger partial charge in [-0.25, -0.2) is 0 Å². The molecule has 1 aliphatic rings. The second-order valence-electron chi connectivity index (χ2n) is 3.59. The zero-order valence-electron chi connectivity index (χ0n) is 8.69. The van der Waals surface area contributed by atoms with Crippen LogP contribution in [0.2, 0.25) is 0 Å². The summed E-state index contributed by atoms with van der Waals surface area (Å²) in [6, 6.07) is 5.67. The summed E-state index contributed by atoms with van der Waals surface area (Å²) in [4.78, 5) is 0. The lowest BCUT2D eigenvalue weighted by Crippen LogP contribution is -2.17. The van der Waals surface area contributed by atoms with Gasteiger partial charge >= 0.3 is 0 Å². The van der Waals surface area contributed by atoms with Gasteiger partial charge in [0.2, 0.25) is 0 Å². The van der Waals surface area contributed by atoms with E-state index in [0.29, 0.717) is 19.8 Å². The molecule has 0 fully saturated rings. The van der Waals surface area contributed by atoms with Crippen LogP contribution < -0.4 is 14.8 Å². The largest absolute Gasteiger partial charge is 0.486 e. The summed E-state index contributed by atoms with van der Waals surface area (Å²) in [6.07, 6.45) is -0.363. The van der Waals surface area contributed by atoms with E-state index < -0.39 is 0 Å². The first-order valence-corrected chi connectivity index (χ1v) is 5.07. The molecule has 1 aromatic carbocycles. The van der Waals surface area contributed by atoms with Crippen LogP contribution in [-0.4, -0.2) is 31.0 Å². The number of rotatable bonds is 3. The number of benzene rings is 1. The van der Waals surface area contributed by atoms with Crippen molar-refractivity contribution in [2.24, 2.45) is 0 Å². The van der Waals surface area contributed by atoms with Crippen LogP contribution >= 0.6 is 0 Å². The molecule has 4 nitrogen and oxygen atoms in total. The molecule has 0 amide bonds. The molecule has 2 N–H and O–H groups in total. The SMILES string of the molecule is C[C@@H](O)CNc1ccc2c(c1)OCCO2. The van der Waals surface area contributed by atoms with E-state index in [0.717, 1.165) is 17.2 Å². The predicted octanol–water partition coefficient (Wildman–Crippen LogP) is 1.25. The van der Waals surface area contributed by atoms with Crippen LogP contribution in [0.4, 0.5) is 5.69 Å². The van der Waals surface area contributed by atoms with Crippen LogP contribution in [0.25, 0.3) is 0 Å². The molecule has 15 heavy (non-hydrogen) atoms. The number of ether oxygens (including phenoxy) is 2. The Balaban J connectivity index is 2.07. The minimum atomic E-state index is -0.363. The molecular formula is C11H15NO3. The first kappa shape index (κ1) is 10.1. The molecule has 1 atom stereocenters. The summed E-state index contributed by atoms with van der Waals surface area (Å²) < 4.78 is 10.8. The van der Waals surface area contributed by atoms with Gasteiger partial charge in [-0.1, -0.05) is 0 Å². The number of aliphatic hydroxyl groups is 1. The average molecular weight is 209 g/mol. The lowest BCUT2D eigenvalue weighted by atomic mass is 10.2. The molecule has 0 saturated heterocycles. The van der Waals surface area contributed by atoms with E-state index in [1.165, 1.54) is 0 Å². The second kappa shape index (κ2) is 4.40. The van der Waals surface area contributed by atoms with Crippen LogP contribution in [0.15, 0.2) is 18.2 Å². The van der Waals surface area contributed by atoms with Crippen molar-refractivity contribution >= 4 is 5.69 Å². The summed E-state index contributed by atoms with van der Waals surface area (Å²) in [7, 11) is 0. The van der Waals surface area contributed by atoms with E-state index in [1.54, 1.807) is 6.92 Å². The lowest BCUT2D eigenvalue weighted by Gasteiger charge is -2.19. The predicted molar refractivity (Wildman–Crippen MR) is 57.6 cm³/mol. The van der Waals surface area contributed by atoms with E-state index in [4.69, 9.17) is 14.6 Å². The highest BCUT2D eigenvalue weighted by atomic mass is 16.6. The van der Waals surface area contributed by atoms with Crippen molar-refractivity contribution < 1.29 is 14.6 Å². The smallest absolute Gasteiger partial charge is 0.163 e.